The fourth-order valence-corrected chi connectivity index (χ4v) is 1.69. The highest BCUT2D eigenvalue weighted by molar-refractivity contribution is 5.88. The van der Waals surface area contributed by atoms with Crippen LogP contribution in [0.25, 0.3) is 0 Å². The molecule has 1 nitrogen and oxygen atoms in total. The lowest BCUT2D eigenvalue weighted by Gasteiger charge is -2.07. The number of rotatable bonds is 3. The Bertz CT molecular complexity index is 361. The predicted molar refractivity (Wildman–Crippen MR) is 57.2 cm³/mol. The van der Waals surface area contributed by atoms with Crippen LogP contribution in [-0.2, 0) is 11.2 Å². The topological polar surface area (TPSA) is 17.1 Å². The summed E-state index contributed by atoms with van der Waals surface area (Å²) in [5.41, 5.74) is 2.41. The lowest BCUT2D eigenvalue weighted by molar-refractivity contribution is -0.122. The summed E-state index contributed by atoms with van der Waals surface area (Å²) >= 11 is 0. The van der Waals surface area contributed by atoms with Crippen molar-refractivity contribution in [1.82, 2.24) is 0 Å². The molecule has 1 saturated carbocycles. The van der Waals surface area contributed by atoms with Gasteiger partial charge in [-0.2, -0.15) is 0 Å². The first-order chi connectivity index (χ1) is 6.60. The summed E-state index contributed by atoms with van der Waals surface area (Å²) in [5, 5.41) is 0. The Hall–Kier alpha value is -1.11. The van der Waals surface area contributed by atoms with Crippen LogP contribution >= 0.6 is 0 Å². The van der Waals surface area contributed by atoms with Gasteiger partial charge in [0.15, 0.2) is 0 Å². The minimum atomic E-state index is 0.0176. The zero-order chi connectivity index (χ0) is 10.2. The van der Waals surface area contributed by atoms with Gasteiger partial charge in [-0.3, -0.25) is 4.79 Å². The third-order valence-corrected chi connectivity index (χ3v) is 3.12. The predicted octanol–water partition coefficient (Wildman–Crippen LogP) is 2.91. The first-order valence-corrected chi connectivity index (χ1v) is 5.19. The molecular formula is C13H16O. The zero-order valence-corrected chi connectivity index (χ0v) is 8.84. The number of Topliss-reactive ketones (excluding diaryl/α,β-unsaturated/α-hetero) is 1. The number of hydrogen-bond donors (Lipinski definition) is 0. The number of carbonyl (C=O) groups is 1. The lowest BCUT2D eigenvalue weighted by Crippen LogP contribution is -2.14. The van der Waals surface area contributed by atoms with E-state index in [-0.39, 0.29) is 5.41 Å². The van der Waals surface area contributed by atoms with Gasteiger partial charge >= 0.3 is 0 Å². The Morgan fingerprint density at radius 1 is 1.43 bits per heavy atom. The number of benzene rings is 1. The van der Waals surface area contributed by atoms with E-state index in [0.717, 1.165) is 18.4 Å². The van der Waals surface area contributed by atoms with Crippen molar-refractivity contribution >= 4 is 5.78 Å². The molecule has 0 atom stereocenters. The average molecular weight is 188 g/mol. The molecule has 0 saturated heterocycles. The number of ketones is 1. The number of aryl methyl sites for hydroxylation is 1. The van der Waals surface area contributed by atoms with Gasteiger partial charge in [-0.15, -0.1) is 0 Å². The second-order valence-electron chi connectivity index (χ2n) is 4.65. The molecule has 0 unspecified atom stereocenters. The number of hydrogen-bond acceptors (Lipinski definition) is 1. The van der Waals surface area contributed by atoms with E-state index >= 15 is 0 Å². The fraction of sp³-hybridized carbons (Fsp3) is 0.462. The molecule has 74 valence electrons. The van der Waals surface area contributed by atoms with Crippen LogP contribution in [0.3, 0.4) is 0 Å². The smallest absolute Gasteiger partial charge is 0.143 e. The van der Waals surface area contributed by atoms with E-state index in [0.29, 0.717) is 12.2 Å². The van der Waals surface area contributed by atoms with Gasteiger partial charge in [0.2, 0.25) is 0 Å². The van der Waals surface area contributed by atoms with Crippen LogP contribution in [0.5, 0.6) is 0 Å². The molecule has 0 spiro atoms. The molecule has 0 bridgehead atoms. The molecule has 0 aromatic heterocycles. The van der Waals surface area contributed by atoms with Crippen LogP contribution in [0.4, 0.5) is 0 Å². The largest absolute Gasteiger partial charge is 0.299 e. The third kappa shape index (κ3) is 1.87. The molecule has 1 heteroatoms. The summed E-state index contributed by atoms with van der Waals surface area (Å²) in [6.07, 6.45) is 2.77. The van der Waals surface area contributed by atoms with Crippen molar-refractivity contribution in [1.29, 1.82) is 0 Å². The summed E-state index contributed by atoms with van der Waals surface area (Å²) in [4.78, 5) is 11.8. The van der Waals surface area contributed by atoms with Crippen LogP contribution < -0.4 is 0 Å². The van der Waals surface area contributed by atoms with Crippen molar-refractivity contribution in [2.24, 2.45) is 5.41 Å². The van der Waals surface area contributed by atoms with Gasteiger partial charge in [-0.05, 0) is 25.3 Å². The normalized spacial score (nSPS) is 17.9. The van der Waals surface area contributed by atoms with E-state index in [4.69, 9.17) is 0 Å². The second kappa shape index (κ2) is 3.23. The molecule has 1 aliphatic carbocycles. The Labute approximate surface area is 85.1 Å². The van der Waals surface area contributed by atoms with Crippen molar-refractivity contribution in [2.45, 2.75) is 33.1 Å². The average Bonchev–Trinajstić information content (AvgIpc) is 2.85. The zero-order valence-electron chi connectivity index (χ0n) is 8.84. The van der Waals surface area contributed by atoms with Gasteiger partial charge in [-0.1, -0.05) is 36.8 Å². The Kier molecular flexibility index (Phi) is 2.18. The molecule has 1 aromatic rings. The van der Waals surface area contributed by atoms with Crippen molar-refractivity contribution in [3.8, 4) is 0 Å². The molecule has 1 fully saturated rings. The maximum absolute atomic E-state index is 11.8. The highest BCUT2D eigenvalue weighted by Gasteiger charge is 2.43. The summed E-state index contributed by atoms with van der Waals surface area (Å²) in [5.74, 6) is 0.406. The highest BCUT2D eigenvalue weighted by Crippen LogP contribution is 2.46. The van der Waals surface area contributed by atoms with Gasteiger partial charge in [0.25, 0.3) is 0 Å². The van der Waals surface area contributed by atoms with E-state index in [1.54, 1.807) is 0 Å². The molecule has 0 heterocycles. The molecular weight excluding hydrogens is 172 g/mol. The van der Waals surface area contributed by atoms with E-state index in [9.17, 15) is 4.79 Å². The summed E-state index contributed by atoms with van der Waals surface area (Å²) in [7, 11) is 0. The molecule has 1 aromatic carbocycles. The standard InChI is InChI=1S/C13H16O/c1-10-4-3-5-11(8-10)9-12(14)13(2)6-7-13/h3-5,8H,6-7,9H2,1-2H3. The van der Waals surface area contributed by atoms with Crippen LogP contribution in [-0.4, -0.2) is 5.78 Å². The van der Waals surface area contributed by atoms with Crippen LogP contribution in [0.2, 0.25) is 0 Å². The summed E-state index contributed by atoms with van der Waals surface area (Å²) in [6, 6.07) is 8.22. The Morgan fingerprint density at radius 3 is 2.71 bits per heavy atom. The monoisotopic (exact) mass is 188 g/mol. The first kappa shape index (κ1) is 9.45. The van der Waals surface area contributed by atoms with E-state index in [2.05, 4.69) is 26.0 Å². The summed E-state index contributed by atoms with van der Waals surface area (Å²) in [6.45, 7) is 4.14. The van der Waals surface area contributed by atoms with Gasteiger partial charge in [0.1, 0.15) is 5.78 Å². The molecule has 0 amide bonds. The quantitative estimate of drug-likeness (QED) is 0.712. The van der Waals surface area contributed by atoms with Crippen LogP contribution in [0.1, 0.15) is 30.9 Å². The molecule has 0 aliphatic heterocycles. The van der Waals surface area contributed by atoms with Gasteiger partial charge in [-0.25, -0.2) is 0 Å². The second-order valence-corrected chi connectivity index (χ2v) is 4.65. The molecule has 0 radical (unpaired) electrons. The molecule has 14 heavy (non-hydrogen) atoms. The minimum Gasteiger partial charge on any atom is -0.299 e. The minimum absolute atomic E-state index is 0.0176. The van der Waals surface area contributed by atoms with Crippen LogP contribution in [0.15, 0.2) is 24.3 Å². The first-order valence-electron chi connectivity index (χ1n) is 5.19. The number of carbonyl (C=O) groups excluding carboxylic acids is 1. The molecule has 0 N–H and O–H groups in total. The van der Waals surface area contributed by atoms with Crippen molar-refractivity contribution in [2.75, 3.05) is 0 Å². The molecule has 1 aliphatic rings. The highest BCUT2D eigenvalue weighted by atomic mass is 16.1. The van der Waals surface area contributed by atoms with E-state index < -0.39 is 0 Å². The maximum Gasteiger partial charge on any atom is 0.143 e. The Balaban J connectivity index is 2.07. The van der Waals surface area contributed by atoms with E-state index in [1.807, 2.05) is 12.1 Å². The van der Waals surface area contributed by atoms with Gasteiger partial charge in [0.05, 0.1) is 0 Å². The van der Waals surface area contributed by atoms with E-state index in [1.165, 1.54) is 5.56 Å². The van der Waals surface area contributed by atoms with Crippen LogP contribution in [0, 0.1) is 12.3 Å². The SMILES string of the molecule is Cc1cccc(CC(=O)C2(C)CC2)c1. The fourth-order valence-electron chi connectivity index (χ4n) is 1.69. The van der Waals surface area contributed by atoms with Crippen molar-refractivity contribution < 1.29 is 4.79 Å². The summed E-state index contributed by atoms with van der Waals surface area (Å²) < 4.78 is 0. The Morgan fingerprint density at radius 2 is 2.14 bits per heavy atom. The molecule has 2 rings (SSSR count). The van der Waals surface area contributed by atoms with Gasteiger partial charge < -0.3 is 0 Å². The van der Waals surface area contributed by atoms with Crippen molar-refractivity contribution in [3.63, 3.8) is 0 Å². The van der Waals surface area contributed by atoms with Gasteiger partial charge in [0, 0.05) is 11.8 Å². The lowest BCUT2D eigenvalue weighted by atomic mass is 9.96. The maximum atomic E-state index is 11.8. The third-order valence-electron chi connectivity index (χ3n) is 3.12. The van der Waals surface area contributed by atoms with Crippen molar-refractivity contribution in [3.05, 3.63) is 35.4 Å².